The molecule has 56 valence electrons. The molecule has 1 fully saturated rings. The smallest absolute Gasteiger partial charge is 0.0586 e. The highest BCUT2D eigenvalue weighted by atomic mass is 32.3. The largest absolute Gasteiger partial charge is 0.290 e. The summed E-state index contributed by atoms with van der Waals surface area (Å²) in [5.74, 6) is 0. The van der Waals surface area contributed by atoms with E-state index in [-0.39, 0.29) is 5.25 Å². The van der Waals surface area contributed by atoms with Gasteiger partial charge in [-0.15, -0.1) is 9.53 Å². The van der Waals surface area contributed by atoms with Gasteiger partial charge in [0.1, 0.15) is 0 Å². The SMILES string of the molecule is CNS(C)(=O)(O)C1CC1. The topological polar surface area (TPSA) is 49.3 Å². The molecule has 0 saturated heterocycles. The maximum atomic E-state index is 11.4. The summed E-state index contributed by atoms with van der Waals surface area (Å²) in [7, 11) is -1.83. The van der Waals surface area contributed by atoms with Crippen molar-refractivity contribution in [3.8, 4) is 0 Å². The van der Waals surface area contributed by atoms with Crippen LogP contribution in [0.4, 0.5) is 0 Å². The first kappa shape index (κ1) is 7.18. The van der Waals surface area contributed by atoms with Crippen molar-refractivity contribution < 1.29 is 8.76 Å². The third-order valence-electron chi connectivity index (χ3n) is 1.81. The highest BCUT2D eigenvalue weighted by Gasteiger charge is 2.39. The van der Waals surface area contributed by atoms with Crippen molar-refractivity contribution in [2.45, 2.75) is 18.1 Å². The quantitative estimate of drug-likeness (QED) is 0.592. The summed E-state index contributed by atoms with van der Waals surface area (Å²) < 4.78 is 23.2. The summed E-state index contributed by atoms with van der Waals surface area (Å²) in [5, 5.41) is 0.00648. The number of hydrogen-bond acceptors (Lipinski definition) is 1. The Kier molecular flexibility index (Phi) is 1.25. The Hall–Kier alpha value is 0.0700. The van der Waals surface area contributed by atoms with E-state index in [1.165, 1.54) is 13.3 Å². The number of rotatable bonds is 2. The van der Waals surface area contributed by atoms with Crippen molar-refractivity contribution in [2.24, 2.45) is 0 Å². The molecule has 2 N–H and O–H groups in total. The molecule has 0 radical (unpaired) electrons. The summed E-state index contributed by atoms with van der Waals surface area (Å²) in [6.45, 7) is 0. The van der Waals surface area contributed by atoms with Crippen molar-refractivity contribution >= 4 is 9.53 Å². The van der Waals surface area contributed by atoms with Crippen LogP contribution in [0.5, 0.6) is 0 Å². The van der Waals surface area contributed by atoms with Crippen molar-refractivity contribution in [1.82, 2.24) is 4.72 Å². The van der Waals surface area contributed by atoms with Crippen molar-refractivity contribution in [1.29, 1.82) is 0 Å². The van der Waals surface area contributed by atoms with Crippen LogP contribution in [0.15, 0.2) is 0 Å². The second-order valence-electron chi connectivity index (χ2n) is 2.76. The van der Waals surface area contributed by atoms with Crippen LogP contribution in [0.3, 0.4) is 0 Å². The molecule has 0 atom stereocenters. The van der Waals surface area contributed by atoms with Gasteiger partial charge in [0.2, 0.25) is 0 Å². The minimum absolute atomic E-state index is 0.00648. The Morgan fingerprint density at radius 1 is 1.67 bits per heavy atom. The predicted octanol–water partition coefficient (Wildman–Crippen LogP) is 0.206. The van der Waals surface area contributed by atoms with E-state index in [0.717, 1.165) is 12.8 Å². The summed E-state index contributed by atoms with van der Waals surface area (Å²) in [4.78, 5) is 0. The Morgan fingerprint density at radius 3 is 2.22 bits per heavy atom. The molecule has 0 aromatic heterocycles. The first-order valence-corrected chi connectivity index (χ1v) is 5.41. The van der Waals surface area contributed by atoms with Gasteiger partial charge in [0.15, 0.2) is 0 Å². The molecular formula is C5H13NO2S. The van der Waals surface area contributed by atoms with Crippen molar-refractivity contribution in [3.63, 3.8) is 0 Å². The number of hydrogen-bond donors (Lipinski definition) is 2. The lowest BCUT2D eigenvalue weighted by Crippen LogP contribution is -2.47. The lowest BCUT2D eigenvalue weighted by Gasteiger charge is -2.38. The van der Waals surface area contributed by atoms with Gasteiger partial charge < -0.3 is 0 Å². The zero-order valence-electron chi connectivity index (χ0n) is 5.76. The zero-order valence-corrected chi connectivity index (χ0v) is 6.57. The van der Waals surface area contributed by atoms with Gasteiger partial charge in [-0.05, 0) is 12.8 Å². The van der Waals surface area contributed by atoms with E-state index in [2.05, 4.69) is 4.72 Å². The molecule has 0 heterocycles. The normalized spacial score (nSPS) is 25.0. The highest BCUT2D eigenvalue weighted by Crippen LogP contribution is 2.38. The van der Waals surface area contributed by atoms with Gasteiger partial charge in [0.05, 0.1) is 5.25 Å². The summed E-state index contributed by atoms with van der Waals surface area (Å²) in [6, 6.07) is 0. The minimum Gasteiger partial charge on any atom is -0.290 e. The van der Waals surface area contributed by atoms with E-state index in [0.29, 0.717) is 0 Å². The molecule has 3 nitrogen and oxygen atoms in total. The molecule has 1 rings (SSSR count). The fraction of sp³-hybridized carbons (Fsp3) is 1.00. The molecule has 4 heteroatoms. The van der Waals surface area contributed by atoms with E-state index >= 15 is 0 Å². The van der Waals surface area contributed by atoms with Crippen LogP contribution in [0.2, 0.25) is 0 Å². The molecule has 0 spiro atoms. The number of nitrogens with one attached hydrogen (secondary N) is 1. The van der Waals surface area contributed by atoms with E-state index in [1.54, 1.807) is 0 Å². The standard InChI is InChI=1S/C5H13NO2S/c1-6-9(2,7,8)5-3-4-5/h5H,3-4H2,1-2H3,(H2,6,7,8). The third-order valence-corrected chi connectivity index (χ3v) is 4.84. The average Bonchev–Trinajstić information content (AvgIpc) is 2.43. The van der Waals surface area contributed by atoms with Gasteiger partial charge in [-0.2, -0.15) is 4.21 Å². The lowest BCUT2D eigenvalue weighted by molar-refractivity contribution is 0.506. The monoisotopic (exact) mass is 151 g/mol. The van der Waals surface area contributed by atoms with Crippen LogP contribution >= 0.6 is 0 Å². The maximum absolute atomic E-state index is 11.4. The van der Waals surface area contributed by atoms with Gasteiger partial charge in [-0.1, -0.05) is 0 Å². The Bertz CT molecular complexity index is 179. The fourth-order valence-corrected chi connectivity index (χ4v) is 2.37. The average molecular weight is 151 g/mol. The van der Waals surface area contributed by atoms with Crippen LogP contribution in [0.1, 0.15) is 12.8 Å². The molecule has 0 amide bonds. The zero-order chi connectivity index (χ0) is 7.15. The first-order chi connectivity index (χ1) is 3.94. The van der Waals surface area contributed by atoms with Crippen LogP contribution < -0.4 is 4.72 Å². The Labute approximate surface area is 55.2 Å². The van der Waals surface area contributed by atoms with Gasteiger partial charge in [0, 0.05) is 13.3 Å². The summed E-state index contributed by atoms with van der Waals surface area (Å²) >= 11 is 0. The summed E-state index contributed by atoms with van der Waals surface area (Å²) in [6.07, 6.45) is 3.17. The van der Waals surface area contributed by atoms with Crippen molar-refractivity contribution in [3.05, 3.63) is 0 Å². The molecule has 0 bridgehead atoms. The molecule has 0 aromatic rings. The van der Waals surface area contributed by atoms with Crippen LogP contribution in [-0.2, 0) is 9.53 Å². The van der Waals surface area contributed by atoms with Crippen molar-refractivity contribution in [2.75, 3.05) is 13.3 Å². The molecule has 9 heavy (non-hydrogen) atoms. The molecule has 0 aromatic carbocycles. The van der Waals surface area contributed by atoms with Gasteiger partial charge >= 0.3 is 0 Å². The highest BCUT2D eigenvalue weighted by molar-refractivity contribution is 8.13. The Morgan fingerprint density at radius 2 is 2.11 bits per heavy atom. The van der Waals surface area contributed by atoms with E-state index in [9.17, 15) is 8.76 Å². The minimum atomic E-state index is -3.37. The third kappa shape index (κ3) is 1.31. The van der Waals surface area contributed by atoms with Crippen LogP contribution in [0, 0.1) is 0 Å². The molecular weight excluding hydrogens is 138 g/mol. The summed E-state index contributed by atoms with van der Waals surface area (Å²) in [5.41, 5.74) is 0. The molecule has 0 unspecified atom stereocenters. The molecule has 1 aliphatic rings. The second kappa shape index (κ2) is 1.56. The fourth-order valence-electron chi connectivity index (χ4n) is 0.790. The van der Waals surface area contributed by atoms with Gasteiger partial charge in [-0.25, -0.2) is 4.72 Å². The van der Waals surface area contributed by atoms with E-state index in [1.807, 2.05) is 0 Å². The molecule has 1 aliphatic carbocycles. The van der Waals surface area contributed by atoms with Crippen LogP contribution in [-0.4, -0.2) is 27.3 Å². The Balaban J connectivity index is 2.79. The molecule has 0 aliphatic heterocycles. The lowest BCUT2D eigenvalue weighted by atomic mass is 11.0. The van der Waals surface area contributed by atoms with Gasteiger partial charge in [0.25, 0.3) is 0 Å². The second-order valence-corrected chi connectivity index (χ2v) is 6.55. The maximum Gasteiger partial charge on any atom is 0.0586 e. The predicted molar refractivity (Wildman–Crippen MR) is 38.8 cm³/mol. The van der Waals surface area contributed by atoms with E-state index < -0.39 is 9.53 Å². The molecule has 1 saturated carbocycles. The van der Waals surface area contributed by atoms with E-state index in [4.69, 9.17) is 0 Å². The first-order valence-electron chi connectivity index (χ1n) is 3.01. The van der Waals surface area contributed by atoms with Crippen LogP contribution in [0.25, 0.3) is 0 Å². The van der Waals surface area contributed by atoms with Gasteiger partial charge in [-0.3, -0.25) is 4.55 Å².